The van der Waals surface area contributed by atoms with Gasteiger partial charge < -0.3 is 4.90 Å². The number of rotatable bonds is 8. The lowest BCUT2D eigenvalue weighted by atomic mass is 10.00. The molecule has 1 unspecified atom stereocenters. The summed E-state index contributed by atoms with van der Waals surface area (Å²) in [6, 6.07) is 10.0. The molecule has 0 saturated carbocycles. The molecule has 1 aromatic carbocycles. The van der Waals surface area contributed by atoms with Crippen LogP contribution in [0.15, 0.2) is 30.3 Å². The van der Waals surface area contributed by atoms with Crippen molar-refractivity contribution < 1.29 is 13.2 Å². The van der Waals surface area contributed by atoms with Gasteiger partial charge in [0.25, 0.3) is 0 Å². The molecule has 0 radical (unpaired) electrons. The van der Waals surface area contributed by atoms with Crippen LogP contribution >= 0.6 is 0 Å². The standard InChI is InChI=1S/C19H30N2O3S/c1-17-8-6-13-20(16-17)19(22)12-15-21(25(2,23)24)14-7-11-18-9-4-3-5-10-18/h3-5,9-10,17H,6-8,11-16H2,1-2H3. The second-order valence-corrected chi connectivity index (χ2v) is 9.07. The molecule has 1 amide bonds. The van der Waals surface area contributed by atoms with E-state index in [1.807, 2.05) is 35.2 Å². The molecule has 25 heavy (non-hydrogen) atoms. The number of sulfonamides is 1. The zero-order chi connectivity index (χ0) is 18.3. The van der Waals surface area contributed by atoms with E-state index in [1.54, 1.807) is 0 Å². The summed E-state index contributed by atoms with van der Waals surface area (Å²) in [6.07, 6.45) is 5.29. The fourth-order valence-corrected chi connectivity index (χ4v) is 4.23. The van der Waals surface area contributed by atoms with E-state index in [-0.39, 0.29) is 18.9 Å². The normalized spacial score (nSPS) is 18.5. The Labute approximate surface area is 152 Å². The molecule has 1 fully saturated rings. The van der Waals surface area contributed by atoms with Crippen LogP contribution in [0.25, 0.3) is 0 Å². The van der Waals surface area contributed by atoms with Crippen molar-refractivity contribution in [2.45, 2.75) is 39.0 Å². The molecule has 1 aromatic rings. The highest BCUT2D eigenvalue weighted by molar-refractivity contribution is 7.88. The molecule has 2 rings (SSSR count). The van der Waals surface area contributed by atoms with Gasteiger partial charge in [0.2, 0.25) is 15.9 Å². The number of nitrogens with zero attached hydrogens (tertiary/aromatic N) is 2. The van der Waals surface area contributed by atoms with Crippen molar-refractivity contribution in [1.82, 2.24) is 9.21 Å². The van der Waals surface area contributed by atoms with Crippen molar-refractivity contribution in [3.63, 3.8) is 0 Å². The number of hydrogen-bond acceptors (Lipinski definition) is 3. The van der Waals surface area contributed by atoms with E-state index in [2.05, 4.69) is 6.92 Å². The second-order valence-electron chi connectivity index (χ2n) is 7.09. The van der Waals surface area contributed by atoms with Crippen LogP contribution in [-0.4, -0.2) is 56.0 Å². The molecule has 0 spiro atoms. The van der Waals surface area contributed by atoms with Gasteiger partial charge in [-0.15, -0.1) is 0 Å². The molecule has 0 aliphatic carbocycles. The third kappa shape index (κ3) is 6.78. The van der Waals surface area contributed by atoms with Crippen LogP contribution in [0.4, 0.5) is 0 Å². The van der Waals surface area contributed by atoms with Crippen LogP contribution in [0.3, 0.4) is 0 Å². The topological polar surface area (TPSA) is 57.7 Å². The summed E-state index contributed by atoms with van der Waals surface area (Å²) in [6.45, 7) is 4.49. The number of carbonyl (C=O) groups excluding carboxylic acids is 1. The average molecular weight is 367 g/mol. The van der Waals surface area contributed by atoms with Crippen LogP contribution in [-0.2, 0) is 21.2 Å². The lowest BCUT2D eigenvalue weighted by Crippen LogP contribution is -2.41. The van der Waals surface area contributed by atoms with Crippen LogP contribution in [0.2, 0.25) is 0 Å². The molecule has 0 bridgehead atoms. The second kappa shape index (κ2) is 9.34. The molecular formula is C19H30N2O3S. The quantitative estimate of drug-likeness (QED) is 0.710. The molecule has 140 valence electrons. The van der Waals surface area contributed by atoms with Crippen molar-refractivity contribution in [1.29, 1.82) is 0 Å². The largest absolute Gasteiger partial charge is 0.342 e. The summed E-state index contributed by atoms with van der Waals surface area (Å²) in [4.78, 5) is 14.3. The molecule has 1 atom stereocenters. The summed E-state index contributed by atoms with van der Waals surface area (Å²) in [5, 5.41) is 0. The van der Waals surface area contributed by atoms with Crippen molar-refractivity contribution in [2.75, 3.05) is 32.4 Å². The van der Waals surface area contributed by atoms with Gasteiger partial charge in [-0.1, -0.05) is 37.3 Å². The van der Waals surface area contributed by atoms with E-state index in [1.165, 1.54) is 22.5 Å². The Morgan fingerprint density at radius 3 is 2.60 bits per heavy atom. The van der Waals surface area contributed by atoms with Crippen molar-refractivity contribution >= 4 is 15.9 Å². The van der Waals surface area contributed by atoms with E-state index in [0.29, 0.717) is 12.5 Å². The zero-order valence-electron chi connectivity index (χ0n) is 15.4. The van der Waals surface area contributed by atoms with E-state index >= 15 is 0 Å². The number of aryl methyl sites for hydroxylation is 1. The smallest absolute Gasteiger partial charge is 0.223 e. The van der Waals surface area contributed by atoms with Crippen LogP contribution in [0.5, 0.6) is 0 Å². The minimum absolute atomic E-state index is 0.0725. The maximum absolute atomic E-state index is 12.4. The SMILES string of the molecule is CC1CCCN(C(=O)CCN(CCCc2ccccc2)S(C)(=O)=O)C1. The van der Waals surface area contributed by atoms with Gasteiger partial charge >= 0.3 is 0 Å². The Hall–Kier alpha value is -1.40. The van der Waals surface area contributed by atoms with Crippen LogP contribution < -0.4 is 0 Å². The number of carbonyl (C=O) groups is 1. The van der Waals surface area contributed by atoms with Crippen LogP contribution in [0.1, 0.15) is 38.2 Å². The molecule has 5 nitrogen and oxygen atoms in total. The van der Waals surface area contributed by atoms with E-state index < -0.39 is 10.0 Å². The Balaban J connectivity index is 1.82. The molecular weight excluding hydrogens is 336 g/mol. The molecule has 0 aromatic heterocycles. The van der Waals surface area contributed by atoms with Gasteiger partial charge in [-0.2, -0.15) is 0 Å². The number of piperidine rings is 1. The first-order valence-corrected chi connectivity index (χ1v) is 11.0. The molecule has 1 aliphatic heterocycles. The summed E-state index contributed by atoms with van der Waals surface area (Å²) < 4.78 is 25.5. The molecule has 1 heterocycles. The van der Waals surface area contributed by atoms with Gasteiger partial charge in [-0.3, -0.25) is 4.79 Å². The maximum atomic E-state index is 12.4. The van der Waals surface area contributed by atoms with Crippen molar-refractivity contribution in [3.8, 4) is 0 Å². The van der Waals surface area contributed by atoms with Crippen molar-refractivity contribution in [2.24, 2.45) is 5.92 Å². The van der Waals surface area contributed by atoms with E-state index in [9.17, 15) is 13.2 Å². The van der Waals surface area contributed by atoms with Gasteiger partial charge in [-0.05, 0) is 37.2 Å². The lowest BCUT2D eigenvalue weighted by Gasteiger charge is -2.31. The third-order valence-corrected chi connectivity index (χ3v) is 6.07. The Bertz CT molecular complexity index is 646. The Morgan fingerprint density at radius 1 is 1.24 bits per heavy atom. The highest BCUT2D eigenvalue weighted by atomic mass is 32.2. The number of benzene rings is 1. The van der Waals surface area contributed by atoms with Crippen molar-refractivity contribution in [3.05, 3.63) is 35.9 Å². The minimum atomic E-state index is -3.29. The molecule has 6 heteroatoms. The number of likely N-dealkylation sites (tertiary alicyclic amines) is 1. The van der Waals surface area contributed by atoms with Gasteiger partial charge in [0.05, 0.1) is 6.26 Å². The molecule has 0 N–H and O–H groups in total. The van der Waals surface area contributed by atoms with Crippen LogP contribution in [0, 0.1) is 5.92 Å². The predicted octanol–water partition coefficient (Wildman–Crippen LogP) is 2.53. The van der Waals surface area contributed by atoms with Gasteiger partial charge in [0.15, 0.2) is 0 Å². The van der Waals surface area contributed by atoms with Gasteiger partial charge in [0.1, 0.15) is 0 Å². The monoisotopic (exact) mass is 366 g/mol. The number of amides is 1. The lowest BCUT2D eigenvalue weighted by molar-refractivity contribution is -0.133. The zero-order valence-corrected chi connectivity index (χ0v) is 16.2. The first-order chi connectivity index (χ1) is 11.9. The summed E-state index contributed by atoms with van der Waals surface area (Å²) >= 11 is 0. The average Bonchev–Trinajstić information content (AvgIpc) is 2.57. The van der Waals surface area contributed by atoms with Gasteiger partial charge in [0, 0.05) is 32.6 Å². The fourth-order valence-electron chi connectivity index (χ4n) is 3.34. The minimum Gasteiger partial charge on any atom is -0.342 e. The summed E-state index contributed by atoms with van der Waals surface area (Å²) in [5.74, 6) is 0.609. The third-order valence-electron chi connectivity index (χ3n) is 4.77. The van der Waals surface area contributed by atoms with E-state index in [0.717, 1.165) is 32.4 Å². The first-order valence-electron chi connectivity index (χ1n) is 9.13. The highest BCUT2D eigenvalue weighted by Gasteiger charge is 2.23. The molecule has 1 aliphatic rings. The summed E-state index contributed by atoms with van der Waals surface area (Å²) in [7, 11) is -3.29. The predicted molar refractivity (Wildman–Crippen MR) is 101 cm³/mol. The first kappa shape index (κ1) is 19.9. The number of hydrogen-bond donors (Lipinski definition) is 0. The summed E-state index contributed by atoms with van der Waals surface area (Å²) in [5.41, 5.74) is 1.20. The highest BCUT2D eigenvalue weighted by Crippen LogP contribution is 2.16. The fraction of sp³-hybridized carbons (Fsp3) is 0.632. The maximum Gasteiger partial charge on any atom is 0.223 e. The van der Waals surface area contributed by atoms with E-state index in [4.69, 9.17) is 0 Å². The molecule has 1 saturated heterocycles. The van der Waals surface area contributed by atoms with Gasteiger partial charge in [-0.25, -0.2) is 12.7 Å². The Morgan fingerprint density at radius 2 is 1.96 bits per heavy atom. The Kier molecular flexibility index (Phi) is 7.44.